The third kappa shape index (κ3) is 3.60. The van der Waals surface area contributed by atoms with Crippen LogP contribution in [0.15, 0.2) is 43.0 Å². The van der Waals surface area contributed by atoms with Gasteiger partial charge >= 0.3 is 0 Å². The fourth-order valence-corrected chi connectivity index (χ4v) is 3.29. The van der Waals surface area contributed by atoms with Gasteiger partial charge in [0.1, 0.15) is 0 Å². The second-order valence-corrected chi connectivity index (χ2v) is 6.38. The van der Waals surface area contributed by atoms with Gasteiger partial charge in [-0.15, -0.1) is 11.7 Å². The van der Waals surface area contributed by atoms with Crippen LogP contribution in [0.25, 0.3) is 11.4 Å². The van der Waals surface area contributed by atoms with Crippen LogP contribution in [0.5, 0.6) is 0 Å². The van der Waals surface area contributed by atoms with Gasteiger partial charge in [-0.3, -0.25) is 4.57 Å². The van der Waals surface area contributed by atoms with Crippen LogP contribution in [-0.2, 0) is 13.2 Å². The number of benzene rings is 1. The van der Waals surface area contributed by atoms with E-state index in [9.17, 15) is 5.11 Å². The van der Waals surface area contributed by atoms with Crippen molar-refractivity contribution in [3.63, 3.8) is 0 Å². The zero-order chi connectivity index (χ0) is 16.2. The highest BCUT2D eigenvalue weighted by Crippen LogP contribution is 2.17. The quantitative estimate of drug-likeness (QED) is 0.641. The molecule has 0 spiro atoms. The van der Waals surface area contributed by atoms with Gasteiger partial charge in [0, 0.05) is 24.9 Å². The molecule has 0 unspecified atom stereocenters. The molecule has 6 heteroatoms. The van der Waals surface area contributed by atoms with Crippen molar-refractivity contribution in [3.05, 3.63) is 47.8 Å². The number of rotatable bonds is 5. The summed E-state index contributed by atoms with van der Waals surface area (Å²) in [5, 5.41) is 14.4. The topological polar surface area (TPSA) is 47.4 Å². The second kappa shape index (κ2) is 7.21. The van der Waals surface area contributed by atoms with Gasteiger partial charge in [-0.25, -0.2) is 0 Å². The van der Waals surface area contributed by atoms with E-state index in [0.717, 1.165) is 48.8 Å². The van der Waals surface area contributed by atoms with E-state index in [1.807, 2.05) is 45.7 Å². The highest BCUT2D eigenvalue weighted by molar-refractivity contribution is 7.71. The van der Waals surface area contributed by atoms with Crippen molar-refractivity contribution in [2.45, 2.75) is 32.2 Å². The number of aromatic nitrogens is 3. The normalized spacial score (nSPS) is 21.3. The number of hydrogen-bond donors (Lipinski definition) is 2. The van der Waals surface area contributed by atoms with Gasteiger partial charge < -0.3 is 10.0 Å². The van der Waals surface area contributed by atoms with Crippen molar-refractivity contribution in [1.82, 2.24) is 14.3 Å². The third-order valence-electron chi connectivity index (χ3n) is 4.30. The minimum Gasteiger partial charge on any atom is -0.393 e. The number of hydrogen-bond acceptors (Lipinski definition) is 3. The number of quaternary nitrogens is 1. The number of aliphatic hydroxyl groups is 1. The molecule has 1 aliphatic rings. The molecule has 1 aromatic carbocycles. The zero-order valence-corrected chi connectivity index (χ0v) is 14.0. The Labute approximate surface area is 141 Å². The van der Waals surface area contributed by atoms with Crippen LogP contribution in [0.3, 0.4) is 0 Å². The average Bonchev–Trinajstić information content (AvgIpc) is 2.88. The molecule has 0 radical (unpaired) electrons. The maximum atomic E-state index is 9.64. The summed E-state index contributed by atoms with van der Waals surface area (Å²) in [6.45, 7) is 7.14. The second-order valence-electron chi connectivity index (χ2n) is 6.01. The maximum Gasteiger partial charge on any atom is 0.203 e. The first kappa shape index (κ1) is 16.1. The summed E-state index contributed by atoms with van der Waals surface area (Å²) >= 11 is 5.62. The van der Waals surface area contributed by atoms with Gasteiger partial charge in [-0.05, 0) is 12.2 Å². The Balaban J connectivity index is 1.89. The van der Waals surface area contributed by atoms with E-state index < -0.39 is 0 Å². The minimum atomic E-state index is -0.148. The molecule has 3 rings (SSSR count). The molecule has 1 saturated heterocycles. The molecule has 1 aliphatic heterocycles. The summed E-state index contributed by atoms with van der Waals surface area (Å²) in [4.78, 5) is 1.41. The van der Waals surface area contributed by atoms with E-state index >= 15 is 0 Å². The Hall–Kier alpha value is -1.76. The van der Waals surface area contributed by atoms with E-state index in [1.165, 1.54) is 4.90 Å². The van der Waals surface area contributed by atoms with Crippen LogP contribution in [0.2, 0.25) is 0 Å². The zero-order valence-electron chi connectivity index (χ0n) is 13.2. The number of piperidine rings is 1. The lowest BCUT2D eigenvalue weighted by molar-refractivity contribution is -0.929. The SMILES string of the molecule is C=CCn1c(-c2ccccc2)nn(C[NH+]2CCC(O)CC2)c1=S. The monoisotopic (exact) mass is 331 g/mol. The van der Waals surface area contributed by atoms with Gasteiger partial charge in [-0.2, -0.15) is 4.68 Å². The molecule has 0 aliphatic carbocycles. The van der Waals surface area contributed by atoms with Crippen LogP contribution < -0.4 is 4.90 Å². The molecular formula is C17H23N4OS+. The van der Waals surface area contributed by atoms with Gasteiger partial charge in [0.05, 0.1) is 19.2 Å². The van der Waals surface area contributed by atoms with Crippen molar-refractivity contribution in [3.8, 4) is 11.4 Å². The smallest absolute Gasteiger partial charge is 0.203 e. The van der Waals surface area contributed by atoms with E-state index in [4.69, 9.17) is 17.3 Å². The van der Waals surface area contributed by atoms with Crippen molar-refractivity contribution in [2.24, 2.45) is 0 Å². The van der Waals surface area contributed by atoms with Crippen molar-refractivity contribution in [1.29, 1.82) is 0 Å². The predicted molar refractivity (Wildman–Crippen MR) is 92.6 cm³/mol. The molecule has 23 heavy (non-hydrogen) atoms. The number of nitrogens with one attached hydrogen (secondary N) is 1. The fourth-order valence-electron chi connectivity index (χ4n) is 3.02. The van der Waals surface area contributed by atoms with Crippen LogP contribution in [0.1, 0.15) is 12.8 Å². The summed E-state index contributed by atoms with van der Waals surface area (Å²) in [5.74, 6) is 0.881. The van der Waals surface area contributed by atoms with E-state index in [-0.39, 0.29) is 6.10 Å². The van der Waals surface area contributed by atoms with E-state index in [2.05, 4.69) is 6.58 Å². The summed E-state index contributed by atoms with van der Waals surface area (Å²) in [6.07, 6.45) is 3.39. The summed E-state index contributed by atoms with van der Waals surface area (Å²) in [7, 11) is 0. The molecule has 0 atom stereocenters. The number of aliphatic hydroxyl groups excluding tert-OH is 1. The fraction of sp³-hybridized carbons (Fsp3) is 0.412. The van der Waals surface area contributed by atoms with Crippen LogP contribution in [-0.4, -0.2) is 38.6 Å². The van der Waals surface area contributed by atoms with Crippen molar-refractivity contribution >= 4 is 12.2 Å². The molecule has 0 amide bonds. The molecule has 0 saturated carbocycles. The largest absolute Gasteiger partial charge is 0.393 e. The van der Waals surface area contributed by atoms with Crippen LogP contribution in [0, 0.1) is 4.77 Å². The Morgan fingerprint density at radius 3 is 2.65 bits per heavy atom. The molecule has 2 N–H and O–H groups in total. The van der Waals surface area contributed by atoms with Crippen LogP contribution >= 0.6 is 12.2 Å². The Bertz CT molecular complexity index is 714. The standard InChI is InChI=1S/C17H22N4OS/c1-2-10-20-16(14-6-4-3-5-7-14)18-21(17(20)23)13-19-11-8-15(22)9-12-19/h2-7,15,22H,1,8-13H2/p+1. The first-order chi connectivity index (χ1) is 11.2. The highest BCUT2D eigenvalue weighted by atomic mass is 32.1. The molecule has 1 fully saturated rings. The van der Waals surface area contributed by atoms with E-state index in [1.54, 1.807) is 0 Å². The molecule has 2 aromatic rings. The predicted octanol–water partition coefficient (Wildman–Crippen LogP) is 1.26. The van der Waals surface area contributed by atoms with Gasteiger partial charge in [0.25, 0.3) is 0 Å². The molecule has 1 aromatic heterocycles. The average molecular weight is 331 g/mol. The lowest BCUT2D eigenvalue weighted by atomic mass is 10.1. The lowest BCUT2D eigenvalue weighted by Crippen LogP contribution is -3.12. The third-order valence-corrected chi connectivity index (χ3v) is 4.73. The first-order valence-corrected chi connectivity index (χ1v) is 8.45. The molecule has 2 heterocycles. The number of nitrogens with zero attached hydrogens (tertiary/aromatic N) is 3. The Morgan fingerprint density at radius 1 is 1.30 bits per heavy atom. The molecule has 5 nitrogen and oxygen atoms in total. The molecule has 122 valence electrons. The minimum absolute atomic E-state index is 0.148. The Kier molecular flexibility index (Phi) is 5.05. The van der Waals surface area contributed by atoms with Gasteiger partial charge in [-0.1, -0.05) is 36.4 Å². The van der Waals surface area contributed by atoms with Crippen molar-refractivity contribution in [2.75, 3.05) is 13.1 Å². The highest BCUT2D eigenvalue weighted by Gasteiger charge is 2.22. The van der Waals surface area contributed by atoms with Gasteiger partial charge in [0.15, 0.2) is 12.5 Å². The number of likely N-dealkylation sites (tertiary alicyclic amines) is 1. The van der Waals surface area contributed by atoms with Crippen LogP contribution in [0.4, 0.5) is 0 Å². The summed E-state index contributed by atoms with van der Waals surface area (Å²) < 4.78 is 4.66. The molecular weight excluding hydrogens is 308 g/mol. The Morgan fingerprint density at radius 2 is 2.00 bits per heavy atom. The lowest BCUT2D eigenvalue weighted by Gasteiger charge is -2.26. The summed E-state index contributed by atoms with van der Waals surface area (Å²) in [6, 6.07) is 10.1. The number of allylic oxidation sites excluding steroid dienone is 1. The van der Waals surface area contributed by atoms with E-state index in [0.29, 0.717) is 6.54 Å². The van der Waals surface area contributed by atoms with Crippen molar-refractivity contribution < 1.29 is 10.0 Å². The molecule has 0 bridgehead atoms. The summed E-state index contributed by atoms with van der Waals surface area (Å²) in [5.41, 5.74) is 1.06. The first-order valence-electron chi connectivity index (χ1n) is 8.04. The van der Waals surface area contributed by atoms with Gasteiger partial charge in [0.2, 0.25) is 4.77 Å². The maximum absolute atomic E-state index is 9.64.